The van der Waals surface area contributed by atoms with Crippen LogP contribution in [0.15, 0.2) is 91.7 Å². The summed E-state index contributed by atoms with van der Waals surface area (Å²) in [7, 11) is 0. The second-order valence-corrected chi connectivity index (χ2v) is 8.57. The summed E-state index contributed by atoms with van der Waals surface area (Å²) in [5.74, 6) is 0.621. The minimum atomic E-state index is 0.621. The number of allylic oxidation sites excluding steroid dienone is 5. The Morgan fingerprint density at radius 2 is 1.81 bits per heavy atom. The van der Waals surface area contributed by atoms with Crippen molar-refractivity contribution in [3.05, 3.63) is 97.4 Å². The van der Waals surface area contributed by atoms with Gasteiger partial charge in [0.05, 0.1) is 22.4 Å². The molecular weight excluding hydrogens is 460 g/mol. The molecule has 8 nitrogen and oxygen atoms in total. The van der Waals surface area contributed by atoms with E-state index in [9.17, 15) is 0 Å². The molecule has 3 N–H and O–H groups in total. The predicted molar refractivity (Wildman–Crippen MR) is 149 cm³/mol. The quantitative estimate of drug-likeness (QED) is 0.209. The van der Waals surface area contributed by atoms with Gasteiger partial charge in [-0.05, 0) is 61.4 Å². The van der Waals surface area contributed by atoms with E-state index in [1.807, 2.05) is 49.4 Å². The van der Waals surface area contributed by atoms with E-state index in [1.165, 1.54) is 0 Å². The number of fused-ring (bicyclic) bond motifs is 2. The first-order valence-corrected chi connectivity index (χ1v) is 12.2. The van der Waals surface area contributed by atoms with Crippen molar-refractivity contribution in [2.45, 2.75) is 26.7 Å². The van der Waals surface area contributed by atoms with Crippen LogP contribution in [0.3, 0.4) is 0 Å². The van der Waals surface area contributed by atoms with E-state index >= 15 is 0 Å². The maximum absolute atomic E-state index is 4.96. The first-order chi connectivity index (χ1) is 18.1. The van der Waals surface area contributed by atoms with Crippen LogP contribution in [0.25, 0.3) is 50.4 Å². The molecule has 0 unspecified atom stereocenters. The molecule has 0 bridgehead atoms. The van der Waals surface area contributed by atoms with Gasteiger partial charge >= 0.3 is 0 Å². The number of nitrogens with zero attached hydrogens (tertiary/aromatic N) is 5. The van der Waals surface area contributed by atoms with Crippen LogP contribution in [-0.4, -0.2) is 35.1 Å². The first kappa shape index (κ1) is 23.9. The Bertz CT molecular complexity index is 1650. The molecule has 5 aromatic heterocycles. The molecule has 0 amide bonds. The van der Waals surface area contributed by atoms with Gasteiger partial charge in [0.15, 0.2) is 11.5 Å². The van der Waals surface area contributed by atoms with Crippen LogP contribution in [0.2, 0.25) is 0 Å². The molecule has 37 heavy (non-hydrogen) atoms. The highest BCUT2D eigenvalue weighted by atomic mass is 15.2. The van der Waals surface area contributed by atoms with Crippen LogP contribution < -0.4 is 5.32 Å². The third-order valence-electron chi connectivity index (χ3n) is 6.00. The van der Waals surface area contributed by atoms with Crippen molar-refractivity contribution < 1.29 is 0 Å². The molecule has 0 spiro atoms. The van der Waals surface area contributed by atoms with Crippen molar-refractivity contribution >= 4 is 27.6 Å². The third kappa shape index (κ3) is 4.81. The molecule has 5 heterocycles. The minimum Gasteiger partial charge on any atom is -0.359 e. The van der Waals surface area contributed by atoms with Gasteiger partial charge in [-0.1, -0.05) is 32.6 Å². The average Bonchev–Trinajstić information content (AvgIpc) is 3.55. The second kappa shape index (κ2) is 10.4. The van der Waals surface area contributed by atoms with Crippen LogP contribution >= 0.6 is 0 Å². The lowest BCUT2D eigenvalue weighted by Gasteiger charge is -2.11. The van der Waals surface area contributed by atoms with Gasteiger partial charge in [0.1, 0.15) is 11.0 Å². The molecule has 0 aliphatic rings. The Morgan fingerprint density at radius 1 is 1.00 bits per heavy atom. The van der Waals surface area contributed by atoms with Gasteiger partial charge < -0.3 is 10.3 Å². The standard InChI is InChI=1S/C29H28N8/c1-5-8-18(4)32-21(7-3)17-19(6-2)22-9-10-24-27(33-22)28(37-36-24)29-34-23-13-16-31-25(26(23)35-29)20-11-14-30-15-12-20/h6-7,9-17,32H,3-5,8H2,1-2H3,(H,34,35)(H,36,37)/b19-6+,21-17+. The SMILES string of the molecule is C=C/C(=C\C(=C/C)c1ccc2[nH]nc(-c3nc4c(-c5ccncc5)nccc4[nH]3)c2n1)NC(=C)CCC. The van der Waals surface area contributed by atoms with E-state index in [0.717, 1.165) is 68.8 Å². The molecule has 0 aliphatic heterocycles. The summed E-state index contributed by atoms with van der Waals surface area (Å²) in [5.41, 5.74) is 9.16. The summed E-state index contributed by atoms with van der Waals surface area (Å²) in [4.78, 5) is 21.9. The molecule has 8 heteroatoms. The van der Waals surface area contributed by atoms with Crippen LogP contribution in [0, 0.1) is 0 Å². The molecule has 0 aliphatic carbocycles. The number of aromatic amines is 2. The molecule has 0 atom stereocenters. The summed E-state index contributed by atoms with van der Waals surface area (Å²) in [6.07, 6.45) is 13.0. The van der Waals surface area contributed by atoms with E-state index in [2.05, 4.69) is 50.5 Å². The highest BCUT2D eigenvalue weighted by molar-refractivity contribution is 5.95. The Labute approximate surface area is 215 Å². The van der Waals surface area contributed by atoms with Gasteiger partial charge in [0.2, 0.25) is 0 Å². The summed E-state index contributed by atoms with van der Waals surface area (Å²) >= 11 is 0. The number of hydrogen-bond donors (Lipinski definition) is 3. The number of rotatable bonds is 9. The lowest BCUT2D eigenvalue weighted by molar-refractivity contribution is 0.829. The van der Waals surface area contributed by atoms with E-state index < -0.39 is 0 Å². The Balaban J connectivity index is 1.55. The predicted octanol–water partition coefficient (Wildman–Crippen LogP) is 6.33. The Morgan fingerprint density at radius 3 is 2.57 bits per heavy atom. The number of imidazole rings is 1. The highest BCUT2D eigenvalue weighted by Crippen LogP contribution is 2.30. The van der Waals surface area contributed by atoms with Crippen LogP contribution in [0.4, 0.5) is 0 Å². The van der Waals surface area contributed by atoms with E-state index in [4.69, 9.17) is 9.97 Å². The molecule has 0 radical (unpaired) electrons. The molecule has 5 rings (SSSR count). The smallest absolute Gasteiger partial charge is 0.161 e. The maximum Gasteiger partial charge on any atom is 0.161 e. The summed E-state index contributed by atoms with van der Waals surface area (Å²) < 4.78 is 0. The van der Waals surface area contributed by atoms with Crippen molar-refractivity contribution in [3.8, 4) is 22.8 Å². The molecular formula is C29H28N8. The highest BCUT2D eigenvalue weighted by Gasteiger charge is 2.17. The van der Waals surface area contributed by atoms with Gasteiger partial charge in [0.25, 0.3) is 0 Å². The number of hydrogen-bond acceptors (Lipinski definition) is 6. The van der Waals surface area contributed by atoms with Gasteiger partial charge in [0, 0.05) is 35.5 Å². The largest absolute Gasteiger partial charge is 0.359 e. The second-order valence-electron chi connectivity index (χ2n) is 8.57. The number of H-pyrrole nitrogens is 2. The summed E-state index contributed by atoms with van der Waals surface area (Å²) in [6, 6.07) is 9.70. The lowest BCUT2D eigenvalue weighted by atomic mass is 10.1. The Hall–Kier alpha value is -4.85. The van der Waals surface area contributed by atoms with Crippen molar-refractivity contribution in [3.63, 3.8) is 0 Å². The van der Waals surface area contributed by atoms with E-state index in [1.54, 1.807) is 24.7 Å². The van der Waals surface area contributed by atoms with Crippen molar-refractivity contribution in [1.82, 2.24) is 40.4 Å². The lowest BCUT2D eigenvalue weighted by Crippen LogP contribution is -2.10. The van der Waals surface area contributed by atoms with Crippen LogP contribution in [0.5, 0.6) is 0 Å². The molecule has 0 saturated heterocycles. The summed E-state index contributed by atoms with van der Waals surface area (Å²) in [5, 5.41) is 11.0. The molecule has 0 saturated carbocycles. The maximum atomic E-state index is 4.96. The number of pyridine rings is 3. The van der Waals surface area contributed by atoms with Crippen molar-refractivity contribution in [2.75, 3.05) is 0 Å². The first-order valence-electron chi connectivity index (χ1n) is 12.2. The van der Waals surface area contributed by atoms with Gasteiger partial charge in [-0.2, -0.15) is 5.10 Å². The fraction of sp³-hybridized carbons (Fsp3) is 0.138. The zero-order valence-corrected chi connectivity index (χ0v) is 20.9. The van der Waals surface area contributed by atoms with Crippen LogP contribution in [0.1, 0.15) is 32.4 Å². The Kier molecular flexibility index (Phi) is 6.72. The minimum absolute atomic E-state index is 0.621. The van der Waals surface area contributed by atoms with Gasteiger partial charge in [-0.25, -0.2) is 9.97 Å². The van der Waals surface area contributed by atoms with Crippen LogP contribution in [-0.2, 0) is 0 Å². The summed E-state index contributed by atoms with van der Waals surface area (Å²) in [6.45, 7) is 12.2. The average molecular weight is 489 g/mol. The molecule has 184 valence electrons. The van der Waals surface area contributed by atoms with Gasteiger partial charge in [-0.15, -0.1) is 0 Å². The molecule has 0 fully saturated rings. The molecule has 0 aromatic carbocycles. The number of nitrogens with one attached hydrogen (secondary N) is 3. The topological polar surface area (TPSA) is 108 Å². The van der Waals surface area contributed by atoms with E-state index in [-0.39, 0.29) is 0 Å². The monoisotopic (exact) mass is 488 g/mol. The van der Waals surface area contributed by atoms with E-state index in [0.29, 0.717) is 11.5 Å². The van der Waals surface area contributed by atoms with Crippen molar-refractivity contribution in [2.24, 2.45) is 0 Å². The fourth-order valence-corrected chi connectivity index (χ4v) is 4.18. The zero-order valence-electron chi connectivity index (χ0n) is 20.9. The molecule has 5 aromatic rings. The normalized spacial score (nSPS) is 12.3. The fourth-order valence-electron chi connectivity index (χ4n) is 4.18. The number of aromatic nitrogens is 7. The third-order valence-corrected chi connectivity index (χ3v) is 6.00. The van der Waals surface area contributed by atoms with Crippen molar-refractivity contribution in [1.29, 1.82) is 0 Å². The van der Waals surface area contributed by atoms with Gasteiger partial charge in [-0.3, -0.25) is 15.1 Å². The zero-order chi connectivity index (χ0) is 25.8.